The van der Waals surface area contributed by atoms with E-state index in [0.29, 0.717) is 0 Å². The molecule has 0 fully saturated rings. The molecular weight excluding hydrogens is 317 g/mol. The van der Waals surface area contributed by atoms with Gasteiger partial charge in [-0.25, -0.2) is 9.37 Å². The van der Waals surface area contributed by atoms with Crippen molar-refractivity contribution in [3.8, 4) is 0 Å². The molecule has 0 aliphatic rings. The molecule has 6 heteroatoms. The molecule has 4 nitrogen and oxygen atoms in total. The lowest BCUT2D eigenvalue weighted by Gasteiger charge is -2.08. The highest BCUT2D eigenvalue weighted by Crippen LogP contribution is 2.19. The number of imidazole rings is 1. The first-order valence-electron chi connectivity index (χ1n) is 7.11. The summed E-state index contributed by atoms with van der Waals surface area (Å²) < 4.78 is 15.7. The fourth-order valence-corrected chi connectivity index (χ4v) is 2.71. The van der Waals surface area contributed by atoms with Crippen molar-refractivity contribution in [3.63, 3.8) is 0 Å². The normalized spacial score (nSPS) is 11.0. The number of nitrogens with one attached hydrogen (secondary N) is 1. The van der Waals surface area contributed by atoms with Crippen LogP contribution in [-0.2, 0) is 13.6 Å². The average molecular weight is 332 g/mol. The van der Waals surface area contributed by atoms with Crippen LogP contribution in [0.2, 0.25) is 5.02 Å². The van der Waals surface area contributed by atoms with Gasteiger partial charge in [-0.1, -0.05) is 23.7 Å². The van der Waals surface area contributed by atoms with E-state index >= 15 is 0 Å². The van der Waals surface area contributed by atoms with Gasteiger partial charge >= 0.3 is 0 Å². The molecule has 2 aromatic carbocycles. The maximum absolute atomic E-state index is 13.7. The number of carbonyl (C=O) groups excluding carboxylic acids is 1. The maximum Gasteiger partial charge on any atom is 0.256 e. The molecule has 0 aliphatic heterocycles. The Balaban J connectivity index is 1.79. The van der Waals surface area contributed by atoms with Crippen molar-refractivity contribution in [2.24, 2.45) is 7.05 Å². The number of nitrogens with zero attached hydrogens (tertiary/aromatic N) is 2. The van der Waals surface area contributed by atoms with Gasteiger partial charge in [-0.05, 0) is 36.8 Å². The monoisotopic (exact) mass is 331 g/mol. The zero-order chi connectivity index (χ0) is 16.6. The van der Waals surface area contributed by atoms with Gasteiger partial charge in [-0.15, -0.1) is 0 Å². The van der Waals surface area contributed by atoms with Crippen LogP contribution in [0, 0.1) is 12.7 Å². The molecule has 1 amide bonds. The van der Waals surface area contributed by atoms with E-state index < -0.39 is 11.7 Å². The fourth-order valence-electron chi connectivity index (χ4n) is 2.46. The van der Waals surface area contributed by atoms with Crippen molar-refractivity contribution < 1.29 is 9.18 Å². The van der Waals surface area contributed by atoms with Crippen LogP contribution in [-0.4, -0.2) is 15.5 Å². The van der Waals surface area contributed by atoms with E-state index in [2.05, 4.69) is 10.3 Å². The van der Waals surface area contributed by atoms with Gasteiger partial charge in [-0.2, -0.15) is 0 Å². The molecule has 0 unspecified atom stereocenters. The molecule has 1 aromatic heterocycles. The van der Waals surface area contributed by atoms with E-state index in [1.54, 1.807) is 0 Å². The number of hydrogen-bond donors (Lipinski definition) is 1. The van der Waals surface area contributed by atoms with Gasteiger partial charge in [0.1, 0.15) is 11.6 Å². The van der Waals surface area contributed by atoms with Crippen molar-refractivity contribution in [2.45, 2.75) is 13.5 Å². The molecule has 0 saturated carbocycles. The van der Waals surface area contributed by atoms with Crippen LogP contribution in [0.5, 0.6) is 0 Å². The van der Waals surface area contributed by atoms with E-state index in [1.807, 2.05) is 36.7 Å². The van der Waals surface area contributed by atoms with Gasteiger partial charge in [0.15, 0.2) is 0 Å². The van der Waals surface area contributed by atoms with E-state index in [-0.39, 0.29) is 17.1 Å². The Morgan fingerprint density at radius 2 is 2.13 bits per heavy atom. The molecule has 0 saturated heterocycles. The lowest BCUT2D eigenvalue weighted by molar-refractivity contribution is 0.0947. The number of hydrogen-bond acceptors (Lipinski definition) is 2. The lowest BCUT2D eigenvalue weighted by Crippen LogP contribution is -2.24. The molecule has 0 radical (unpaired) electrons. The minimum Gasteiger partial charge on any atom is -0.348 e. The second-order valence-electron chi connectivity index (χ2n) is 5.32. The van der Waals surface area contributed by atoms with E-state index in [1.165, 1.54) is 18.2 Å². The minimum absolute atomic E-state index is 0.0957. The summed E-state index contributed by atoms with van der Waals surface area (Å²) >= 11 is 5.89. The zero-order valence-electron chi connectivity index (χ0n) is 12.7. The Morgan fingerprint density at radius 3 is 2.87 bits per heavy atom. The van der Waals surface area contributed by atoms with E-state index in [4.69, 9.17) is 11.6 Å². The van der Waals surface area contributed by atoms with Crippen LogP contribution >= 0.6 is 11.6 Å². The van der Waals surface area contributed by atoms with Crippen LogP contribution in [0.3, 0.4) is 0 Å². The predicted molar refractivity (Wildman–Crippen MR) is 88.0 cm³/mol. The summed E-state index contributed by atoms with van der Waals surface area (Å²) in [7, 11) is 1.95. The molecule has 0 bridgehead atoms. The van der Waals surface area contributed by atoms with Crippen molar-refractivity contribution in [1.82, 2.24) is 14.9 Å². The molecule has 0 atom stereocenters. The quantitative estimate of drug-likeness (QED) is 0.797. The van der Waals surface area contributed by atoms with Crippen molar-refractivity contribution >= 4 is 28.5 Å². The topological polar surface area (TPSA) is 46.9 Å². The average Bonchev–Trinajstić information content (AvgIpc) is 2.79. The molecule has 118 valence electrons. The minimum atomic E-state index is -0.634. The Morgan fingerprint density at radius 1 is 1.35 bits per heavy atom. The van der Waals surface area contributed by atoms with Gasteiger partial charge in [0.25, 0.3) is 5.91 Å². The molecule has 0 spiro atoms. The van der Waals surface area contributed by atoms with E-state index in [0.717, 1.165) is 22.4 Å². The van der Waals surface area contributed by atoms with Crippen molar-refractivity contribution in [2.75, 3.05) is 0 Å². The predicted octanol–water partition coefficient (Wildman–Crippen LogP) is 3.60. The van der Waals surface area contributed by atoms with Gasteiger partial charge in [-0.3, -0.25) is 4.79 Å². The van der Waals surface area contributed by atoms with Gasteiger partial charge in [0, 0.05) is 13.6 Å². The number of halogens is 2. The third kappa shape index (κ3) is 2.92. The maximum atomic E-state index is 13.7. The summed E-state index contributed by atoms with van der Waals surface area (Å²) in [6.07, 6.45) is 0. The number of aryl methyl sites for hydroxylation is 2. The number of aromatic nitrogens is 2. The van der Waals surface area contributed by atoms with E-state index in [9.17, 15) is 9.18 Å². The van der Waals surface area contributed by atoms with Gasteiger partial charge < -0.3 is 9.88 Å². The highest BCUT2D eigenvalue weighted by Gasteiger charge is 2.15. The fraction of sp³-hybridized carbons (Fsp3) is 0.176. The summed E-state index contributed by atoms with van der Waals surface area (Å²) in [6.45, 7) is 2.21. The Bertz CT molecular complexity index is 884. The number of benzene rings is 2. The van der Waals surface area contributed by atoms with Gasteiger partial charge in [0.05, 0.1) is 21.6 Å². The third-order valence-electron chi connectivity index (χ3n) is 3.81. The number of fused-ring (bicyclic) bond motifs is 1. The number of rotatable bonds is 3. The molecule has 23 heavy (non-hydrogen) atoms. The first-order valence-corrected chi connectivity index (χ1v) is 7.49. The standard InChI is InChI=1S/C17H15ClFN3O/c1-10-21-14-8-11(6-7-15(14)22(10)2)9-20-17(23)16-12(18)4-3-5-13(16)19/h3-8H,9H2,1-2H3,(H,20,23). The molecule has 1 heterocycles. The summed E-state index contributed by atoms with van der Waals surface area (Å²) in [6, 6.07) is 9.93. The highest BCUT2D eigenvalue weighted by molar-refractivity contribution is 6.33. The molecule has 1 N–H and O–H groups in total. The summed E-state index contributed by atoms with van der Waals surface area (Å²) in [5.41, 5.74) is 2.63. The Labute approximate surface area is 137 Å². The lowest BCUT2D eigenvalue weighted by atomic mass is 10.1. The summed E-state index contributed by atoms with van der Waals surface area (Å²) in [5.74, 6) is -0.254. The smallest absolute Gasteiger partial charge is 0.256 e. The molecule has 3 rings (SSSR count). The zero-order valence-corrected chi connectivity index (χ0v) is 13.5. The highest BCUT2D eigenvalue weighted by atomic mass is 35.5. The van der Waals surface area contributed by atoms with Gasteiger partial charge in [0.2, 0.25) is 0 Å². The van der Waals surface area contributed by atoms with Crippen LogP contribution < -0.4 is 5.32 Å². The first kappa shape index (κ1) is 15.5. The molecular formula is C17H15ClFN3O. The summed E-state index contributed by atoms with van der Waals surface area (Å²) in [5, 5.41) is 2.78. The number of carbonyl (C=O) groups is 1. The van der Waals surface area contributed by atoms with Crippen LogP contribution in [0.25, 0.3) is 11.0 Å². The van der Waals surface area contributed by atoms with Crippen molar-refractivity contribution in [1.29, 1.82) is 0 Å². The first-order chi connectivity index (χ1) is 11.0. The summed E-state index contributed by atoms with van der Waals surface area (Å²) in [4.78, 5) is 16.6. The largest absolute Gasteiger partial charge is 0.348 e. The molecule has 3 aromatic rings. The molecule has 0 aliphatic carbocycles. The van der Waals surface area contributed by atoms with Crippen molar-refractivity contribution in [3.05, 3.63) is 64.2 Å². The van der Waals surface area contributed by atoms with Crippen LogP contribution in [0.15, 0.2) is 36.4 Å². The second kappa shape index (κ2) is 6.01. The second-order valence-corrected chi connectivity index (χ2v) is 5.73. The Hall–Kier alpha value is -2.40. The third-order valence-corrected chi connectivity index (χ3v) is 4.13. The Kier molecular flexibility index (Phi) is 4.05. The SMILES string of the molecule is Cc1nc2cc(CNC(=O)c3c(F)cccc3Cl)ccc2n1C. The number of amides is 1. The van der Waals surface area contributed by atoms with Crippen LogP contribution in [0.1, 0.15) is 21.7 Å². The van der Waals surface area contributed by atoms with Crippen LogP contribution in [0.4, 0.5) is 4.39 Å².